The molecule has 2 atom stereocenters. The van der Waals surface area contributed by atoms with Crippen LogP contribution in [0.2, 0.25) is 0 Å². The molecular weight excluding hydrogens is 148 g/mol. The Labute approximate surface area is 75.9 Å². The summed E-state index contributed by atoms with van der Waals surface area (Å²) in [5, 5.41) is 3.29. The van der Waals surface area contributed by atoms with Crippen LogP contribution in [0.15, 0.2) is 0 Å². The minimum Gasteiger partial charge on any atom is -0.329 e. The fourth-order valence-electron chi connectivity index (χ4n) is 1.20. The lowest BCUT2D eigenvalue weighted by atomic mass is 10.0. The molecule has 0 heterocycles. The van der Waals surface area contributed by atoms with Gasteiger partial charge < -0.3 is 5.73 Å². The minimum absolute atomic E-state index is 0.122. The number of hydrogen-bond acceptors (Lipinski definition) is 2. The summed E-state index contributed by atoms with van der Waals surface area (Å²) in [6.45, 7) is 7.00. The monoisotopic (exact) mass is 168 g/mol. The summed E-state index contributed by atoms with van der Waals surface area (Å²) in [6.07, 6.45) is 6.34. The Morgan fingerprint density at radius 1 is 1.42 bits per heavy atom. The number of terminal acetylenes is 1. The zero-order valence-corrected chi connectivity index (χ0v) is 8.30. The molecule has 0 aromatic rings. The maximum Gasteiger partial charge on any atom is 0.0660 e. The first-order valence-corrected chi connectivity index (χ1v) is 4.52. The third kappa shape index (κ3) is 5.17. The maximum absolute atomic E-state index is 5.59. The molecule has 0 amide bonds. The van der Waals surface area contributed by atoms with E-state index in [1.807, 2.05) is 6.92 Å². The van der Waals surface area contributed by atoms with Crippen molar-refractivity contribution >= 4 is 0 Å². The van der Waals surface area contributed by atoms with Crippen LogP contribution in [0.3, 0.4) is 0 Å². The van der Waals surface area contributed by atoms with E-state index in [9.17, 15) is 0 Å². The molecule has 0 bridgehead atoms. The van der Waals surface area contributed by atoms with Crippen LogP contribution in [-0.4, -0.2) is 18.6 Å². The Balaban J connectivity index is 3.76. The summed E-state index contributed by atoms with van der Waals surface area (Å²) in [4.78, 5) is 0. The van der Waals surface area contributed by atoms with Crippen molar-refractivity contribution in [1.82, 2.24) is 5.32 Å². The predicted octanol–water partition coefficient (Wildman–Crippen LogP) is 0.971. The van der Waals surface area contributed by atoms with Gasteiger partial charge in [0.15, 0.2) is 0 Å². The summed E-state index contributed by atoms with van der Waals surface area (Å²) < 4.78 is 0. The van der Waals surface area contributed by atoms with Crippen molar-refractivity contribution in [2.75, 3.05) is 6.54 Å². The highest BCUT2D eigenvalue weighted by Crippen LogP contribution is 2.03. The van der Waals surface area contributed by atoms with E-state index in [2.05, 4.69) is 25.1 Å². The van der Waals surface area contributed by atoms with E-state index in [-0.39, 0.29) is 6.04 Å². The van der Waals surface area contributed by atoms with Gasteiger partial charge in [0.05, 0.1) is 6.04 Å². The fourth-order valence-corrected chi connectivity index (χ4v) is 1.20. The van der Waals surface area contributed by atoms with Crippen molar-refractivity contribution in [3.8, 4) is 12.3 Å². The van der Waals surface area contributed by atoms with Crippen LogP contribution >= 0.6 is 0 Å². The standard InChI is InChI=1S/C10H20N2/c1-5-9(4)12-10(7-11)6-8(2)3/h1,8-10,12H,6-7,11H2,2-4H3. The third-order valence-corrected chi connectivity index (χ3v) is 1.78. The van der Waals surface area contributed by atoms with E-state index in [0.717, 1.165) is 6.42 Å². The van der Waals surface area contributed by atoms with Gasteiger partial charge in [-0.25, -0.2) is 0 Å². The second-order valence-corrected chi connectivity index (χ2v) is 3.62. The Morgan fingerprint density at radius 2 is 2.00 bits per heavy atom. The average Bonchev–Trinajstić information content (AvgIpc) is 2.02. The first kappa shape index (κ1) is 11.5. The van der Waals surface area contributed by atoms with E-state index in [0.29, 0.717) is 18.5 Å². The molecule has 0 fully saturated rings. The third-order valence-electron chi connectivity index (χ3n) is 1.78. The van der Waals surface area contributed by atoms with Gasteiger partial charge in [0.2, 0.25) is 0 Å². The molecule has 3 N–H and O–H groups in total. The number of nitrogens with two attached hydrogens (primary N) is 1. The summed E-state index contributed by atoms with van der Waals surface area (Å²) in [6, 6.07) is 0.480. The molecule has 0 aliphatic rings. The highest BCUT2D eigenvalue weighted by Gasteiger charge is 2.09. The van der Waals surface area contributed by atoms with Crippen LogP contribution in [0.25, 0.3) is 0 Å². The Morgan fingerprint density at radius 3 is 2.33 bits per heavy atom. The summed E-state index contributed by atoms with van der Waals surface area (Å²) >= 11 is 0. The number of nitrogens with one attached hydrogen (secondary N) is 1. The molecule has 2 unspecified atom stereocenters. The second-order valence-electron chi connectivity index (χ2n) is 3.62. The van der Waals surface area contributed by atoms with Crippen molar-refractivity contribution < 1.29 is 0 Å². The van der Waals surface area contributed by atoms with Gasteiger partial charge in [-0.2, -0.15) is 0 Å². The van der Waals surface area contributed by atoms with E-state index in [4.69, 9.17) is 12.2 Å². The summed E-state index contributed by atoms with van der Waals surface area (Å²) in [5.41, 5.74) is 5.59. The molecule has 0 spiro atoms. The molecule has 0 aromatic heterocycles. The zero-order valence-electron chi connectivity index (χ0n) is 8.30. The Hall–Kier alpha value is -0.520. The van der Waals surface area contributed by atoms with Crippen LogP contribution < -0.4 is 11.1 Å². The number of hydrogen-bond donors (Lipinski definition) is 2. The Kier molecular flexibility index (Phi) is 5.79. The van der Waals surface area contributed by atoms with Gasteiger partial charge >= 0.3 is 0 Å². The first-order valence-electron chi connectivity index (χ1n) is 4.52. The van der Waals surface area contributed by atoms with E-state index < -0.39 is 0 Å². The predicted molar refractivity (Wildman–Crippen MR) is 53.7 cm³/mol. The minimum atomic E-state index is 0.122. The summed E-state index contributed by atoms with van der Waals surface area (Å²) in [5.74, 6) is 3.30. The van der Waals surface area contributed by atoms with Crippen molar-refractivity contribution in [2.45, 2.75) is 39.3 Å². The average molecular weight is 168 g/mol. The Bertz CT molecular complexity index is 146. The van der Waals surface area contributed by atoms with E-state index >= 15 is 0 Å². The van der Waals surface area contributed by atoms with Crippen LogP contribution in [0.5, 0.6) is 0 Å². The van der Waals surface area contributed by atoms with Crippen molar-refractivity contribution in [3.05, 3.63) is 0 Å². The smallest absolute Gasteiger partial charge is 0.0660 e. The molecule has 70 valence electrons. The molecule has 0 aromatic carbocycles. The van der Waals surface area contributed by atoms with Crippen LogP contribution in [0.4, 0.5) is 0 Å². The summed E-state index contributed by atoms with van der Waals surface area (Å²) in [7, 11) is 0. The van der Waals surface area contributed by atoms with Gasteiger partial charge in [0.1, 0.15) is 0 Å². The quantitative estimate of drug-likeness (QED) is 0.600. The van der Waals surface area contributed by atoms with Gasteiger partial charge in [-0.05, 0) is 19.3 Å². The highest BCUT2D eigenvalue weighted by atomic mass is 15.0. The second kappa shape index (κ2) is 6.05. The highest BCUT2D eigenvalue weighted by molar-refractivity contribution is 4.97. The molecule has 0 saturated heterocycles. The zero-order chi connectivity index (χ0) is 9.56. The molecule has 12 heavy (non-hydrogen) atoms. The van der Waals surface area contributed by atoms with Gasteiger partial charge in [0.25, 0.3) is 0 Å². The normalized spacial score (nSPS) is 15.7. The largest absolute Gasteiger partial charge is 0.329 e. The molecule has 0 aliphatic carbocycles. The molecular formula is C10H20N2. The maximum atomic E-state index is 5.59. The molecule has 0 saturated carbocycles. The lowest BCUT2D eigenvalue weighted by Crippen LogP contribution is -2.41. The fraction of sp³-hybridized carbons (Fsp3) is 0.800. The molecule has 0 aliphatic heterocycles. The van der Waals surface area contributed by atoms with Gasteiger partial charge in [-0.15, -0.1) is 6.42 Å². The van der Waals surface area contributed by atoms with Crippen LogP contribution in [0.1, 0.15) is 27.2 Å². The van der Waals surface area contributed by atoms with Gasteiger partial charge in [-0.3, -0.25) is 5.32 Å². The van der Waals surface area contributed by atoms with E-state index in [1.54, 1.807) is 0 Å². The molecule has 0 rings (SSSR count). The molecule has 2 nitrogen and oxygen atoms in total. The number of rotatable bonds is 5. The van der Waals surface area contributed by atoms with Crippen molar-refractivity contribution in [1.29, 1.82) is 0 Å². The SMILES string of the molecule is C#CC(C)NC(CN)CC(C)C. The van der Waals surface area contributed by atoms with Crippen molar-refractivity contribution in [2.24, 2.45) is 11.7 Å². The molecule has 2 heteroatoms. The van der Waals surface area contributed by atoms with Crippen molar-refractivity contribution in [3.63, 3.8) is 0 Å². The van der Waals surface area contributed by atoms with Gasteiger partial charge in [0, 0.05) is 12.6 Å². The lowest BCUT2D eigenvalue weighted by Gasteiger charge is -2.20. The van der Waals surface area contributed by atoms with Crippen LogP contribution in [0, 0.1) is 18.3 Å². The first-order chi connectivity index (χ1) is 5.60. The topological polar surface area (TPSA) is 38.0 Å². The molecule has 0 radical (unpaired) electrons. The van der Waals surface area contributed by atoms with Crippen LogP contribution in [-0.2, 0) is 0 Å². The van der Waals surface area contributed by atoms with Gasteiger partial charge in [-0.1, -0.05) is 19.8 Å². The van der Waals surface area contributed by atoms with E-state index in [1.165, 1.54) is 0 Å². The lowest BCUT2D eigenvalue weighted by molar-refractivity contribution is 0.413.